The quantitative estimate of drug-likeness (QED) is 0.430. The molecule has 1 N–H and O–H groups in total. The second kappa shape index (κ2) is 8.37. The van der Waals surface area contributed by atoms with E-state index in [4.69, 9.17) is 16.3 Å². The Bertz CT molecular complexity index is 1550. The highest BCUT2D eigenvalue weighted by Gasteiger charge is 2.25. The van der Waals surface area contributed by atoms with Crippen molar-refractivity contribution in [2.75, 3.05) is 29.5 Å². The summed E-state index contributed by atoms with van der Waals surface area (Å²) >= 11 is 6.05. The zero-order valence-corrected chi connectivity index (χ0v) is 19.8. The van der Waals surface area contributed by atoms with E-state index in [1.165, 1.54) is 19.5 Å². The number of ether oxygens (including phenoxy) is 1. The largest absolute Gasteiger partial charge is 0.480 e. The van der Waals surface area contributed by atoms with Crippen LogP contribution in [0, 0.1) is 5.82 Å². The van der Waals surface area contributed by atoms with Crippen molar-refractivity contribution in [3.8, 4) is 17.0 Å². The Morgan fingerprint density at radius 1 is 1.12 bits per heavy atom. The average molecular weight is 500 g/mol. The lowest BCUT2D eigenvalue weighted by Crippen LogP contribution is -2.15. The third-order valence-electron chi connectivity index (χ3n) is 5.56. The van der Waals surface area contributed by atoms with Crippen LogP contribution >= 0.6 is 11.6 Å². The Morgan fingerprint density at radius 3 is 2.71 bits per heavy atom. The van der Waals surface area contributed by atoms with Gasteiger partial charge in [-0.05, 0) is 47.9 Å². The molecule has 0 atom stereocenters. The molecule has 2 aromatic heterocycles. The Hall–Kier alpha value is -3.50. The smallest absolute Gasteiger partial charge is 0.238 e. The zero-order valence-electron chi connectivity index (χ0n) is 18.2. The van der Waals surface area contributed by atoms with Gasteiger partial charge in [-0.25, -0.2) is 27.8 Å². The molecule has 8 nitrogen and oxygen atoms in total. The van der Waals surface area contributed by atoms with Gasteiger partial charge < -0.3 is 9.64 Å². The molecule has 0 aliphatic carbocycles. The zero-order chi connectivity index (χ0) is 24.0. The molecule has 4 aromatic rings. The highest BCUT2D eigenvalue weighted by Crippen LogP contribution is 2.40. The molecule has 0 unspecified atom stereocenters. The number of hydrogen-bond acceptors (Lipinski definition) is 7. The molecule has 2 aromatic carbocycles. The van der Waals surface area contributed by atoms with E-state index in [0.29, 0.717) is 24.3 Å². The number of benzene rings is 2. The maximum absolute atomic E-state index is 14.0. The van der Waals surface area contributed by atoms with E-state index >= 15 is 0 Å². The summed E-state index contributed by atoms with van der Waals surface area (Å²) < 4.78 is 45.1. The first-order valence-corrected chi connectivity index (χ1v) is 12.5. The van der Waals surface area contributed by atoms with Crippen molar-refractivity contribution in [2.24, 2.45) is 0 Å². The summed E-state index contributed by atoms with van der Waals surface area (Å²) in [7, 11) is -2.11. The SMILES string of the molecule is COc1ncc(-c2ccc3ncnc(N4CCc5cc(F)c(Cl)cc54)c3c2)cc1NS(C)(=O)=O. The van der Waals surface area contributed by atoms with Gasteiger partial charge in [0.25, 0.3) is 0 Å². The minimum absolute atomic E-state index is 0.0555. The Labute approximate surface area is 200 Å². The molecule has 0 saturated carbocycles. The molecule has 34 heavy (non-hydrogen) atoms. The number of methoxy groups -OCH3 is 1. The molecular weight excluding hydrogens is 481 g/mol. The van der Waals surface area contributed by atoms with Crippen molar-refractivity contribution in [1.29, 1.82) is 0 Å². The molecule has 0 radical (unpaired) electrons. The van der Waals surface area contributed by atoms with Gasteiger partial charge in [0.15, 0.2) is 0 Å². The van der Waals surface area contributed by atoms with Crippen LogP contribution in [0.4, 0.5) is 21.6 Å². The fraction of sp³-hybridized carbons (Fsp3) is 0.174. The normalized spacial score (nSPS) is 13.2. The monoisotopic (exact) mass is 499 g/mol. The van der Waals surface area contributed by atoms with Crippen molar-refractivity contribution >= 4 is 49.7 Å². The first kappa shape index (κ1) is 22.3. The van der Waals surface area contributed by atoms with Crippen LogP contribution in [0.5, 0.6) is 5.88 Å². The van der Waals surface area contributed by atoms with E-state index in [-0.39, 0.29) is 16.6 Å². The lowest BCUT2D eigenvalue weighted by molar-refractivity contribution is 0.400. The third kappa shape index (κ3) is 4.10. The van der Waals surface area contributed by atoms with E-state index in [0.717, 1.165) is 34.0 Å². The molecule has 0 spiro atoms. The Morgan fingerprint density at radius 2 is 1.94 bits per heavy atom. The standard InChI is InChI=1S/C23H19ClFN5O3S/c1-33-23-20(29-34(2,31)32)9-15(11-26-23)13-3-4-19-16(7-13)22(28-12-27-19)30-6-5-14-8-18(25)17(24)10-21(14)30/h3-4,7-12,29H,5-6H2,1-2H3. The summed E-state index contributed by atoms with van der Waals surface area (Å²) in [4.78, 5) is 15.1. The molecule has 0 amide bonds. The number of rotatable bonds is 5. The predicted molar refractivity (Wildman–Crippen MR) is 130 cm³/mol. The summed E-state index contributed by atoms with van der Waals surface area (Å²) in [6.45, 7) is 0.623. The van der Waals surface area contributed by atoms with Crippen LogP contribution in [-0.4, -0.2) is 43.3 Å². The van der Waals surface area contributed by atoms with Gasteiger partial charge in [0.05, 0.1) is 23.9 Å². The van der Waals surface area contributed by atoms with E-state index in [9.17, 15) is 12.8 Å². The fourth-order valence-corrected chi connectivity index (χ4v) is 4.79. The molecule has 1 aliphatic heterocycles. The van der Waals surface area contributed by atoms with Gasteiger partial charge in [0.1, 0.15) is 23.6 Å². The first-order valence-electron chi connectivity index (χ1n) is 10.3. The third-order valence-corrected chi connectivity index (χ3v) is 6.44. The van der Waals surface area contributed by atoms with Crippen LogP contribution in [0.2, 0.25) is 5.02 Å². The summed E-state index contributed by atoms with van der Waals surface area (Å²) in [5.41, 5.74) is 4.09. The Kier molecular flexibility index (Phi) is 5.49. The van der Waals surface area contributed by atoms with Gasteiger partial charge in [-0.2, -0.15) is 0 Å². The number of halogens is 2. The predicted octanol–water partition coefficient (Wildman–Crippen LogP) is 4.56. The minimum atomic E-state index is -3.53. The van der Waals surface area contributed by atoms with Gasteiger partial charge in [0.2, 0.25) is 15.9 Å². The number of nitrogens with zero attached hydrogens (tertiary/aromatic N) is 4. The van der Waals surface area contributed by atoms with E-state index in [1.807, 2.05) is 23.1 Å². The molecule has 174 valence electrons. The number of anilines is 3. The second-order valence-corrected chi connectivity index (χ2v) is 10.0. The second-order valence-electron chi connectivity index (χ2n) is 7.88. The Balaban J connectivity index is 1.62. The fourth-order valence-electron chi connectivity index (χ4n) is 4.09. The molecule has 0 saturated heterocycles. The van der Waals surface area contributed by atoms with Crippen LogP contribution in [-0.2, 0) is 16.4 Å². The average Bonchev–Trinajstić information content (AvgIpc) is 3.19. The number of pyridine rings is 1. The van der Waals surface area contributed by atoms with Crippen molar-refractivity contribution in [3.63, 3.8) is 0 Å². The highest BCUT2D eigenvalue weighted by molar-refractivity contribution is 7.92. The first-order chi connectivity index (χ1) is 16.2. The number of aromatic nitrogens is 3. The highest BCUT2D eigenvalue weighted by atomic mass is 35.5. The topological polar surface area (TPSA) is 97.3 Å². The lowest BCUT2D eigenvalue weighted by Gasteiger charge is -2.20. The van der Waals surface area contributed by atoms with Gasteiger partial charge in [-0.15, -0.1) is 0 Å². The van der Waals surface area contributed by atoms with Crippen molar-refractivity contribution < 1.29 is 17.5 Å². The van der Waals surface area contributed by atoms with Gasteiger partial charge in [-0.3, -0.25) is 4.72 Å². The van der Waals surface area contributed by atoms with Crippen molar-refractivity contribution in [1.82, 2.24) is 15.0 Å². The number of sulfonamides is 1. The molecule has 11 heteroatoms. The maximum atomic E-state index is 14.0. The molecular formula is C23H19ClFN5O3S. The van der Waals surface area contributed by atoms with Crippen LogP contribution in [0.3, 0.4) is 0 Å². The number of nitrogens with one attached hydrogen (secondary N) is 1. The van der Waals surface area contributed by atoms with Gasteiger partial charge in [-0.1, -0.05) is 17.7 Å². The van der Waals surface area contributed by atoms with Crippen LogP contribution < -0.4 is 14.4 Å². The van der Waals surface area contributed by atoms with Gasteiger partial charge >= 0.3 is 0 Å². The van der Waals surface area contributed by atoms with Crippen LogP contribution in [0.25, 0.3) is 22.0 Å². The molecule has 0 fully saturated rings. The van der Waals surface area contributed by atoms with Gasteiger partial charge in [0, 0.05) is 29.4 Å². The summed E-state index contributed by atoms with van der Waals surface area (Å²) in [5, 5.41) is 0.835. The van der Waals surface area contributed by atoms with E-state index < -0.39 is 15.8 Å². The van der Waals surface area contributed by atoms with Crippen LogP contribution in [0.15, 0.2) is 48.9 Å². The minimum Gasteiger partial charge on any atom is -0.480 e. The molecule has 0 bridgehead atoms. The van der Waals surface area contributed by atoms with Crippen molar-refractivity contribution in [3.05, 3.63) is 65.3 Å². The molecule has 1 aliphatic rings. The lowest BCUT2D eigenvalue weighted by atomic mass is 10.0. The molecule has 5 rings (SSSR count). The summed E-state index contributed by atoms with van der Waals surface area (Å²) in [5.74, 6) is 0.392. The van der Waals surface area contributed by atoms with Crippen LogP contribution in [0.1, 0.15) is 5.56 Å². The van der Waals surface area contributed by atoms with E-state index in [1.54, 1.807) is 18.3 Å². The van der Waals surface area contributed by atoms with E-state index in [2.05, 4.69) is 19.7 Å². The maximum Gasteiger partial charge on any atom is 0.238 e. The number of hydrogen-bond donors (Lipinski definition) is 1. The number of fused-ring (bicyclic) bond motifs is 2. The summed E-state index contributed by atoms with van der Waals surface area (Å²) in [6, 6.07) is 10.4. The summed E-state index contributed by atoms with van der Waals surface area (Å²) in [6.07, 6.45) is 4.82. The molecule has 3 heterocycles. The van der Waals surface area contributed by atoms with Crippen molar-refractivity contribution in [2.45, 2.75) is 6.42 Å².